The molecule has 0 saturated heterocycles. The van der Waals surface area contributed by atoms with Gasteiger partial charge in [-0.05, 0) is 12.1 Å². The molecule has 0 atom stereocenters. The van der Waals surface area contributed by atoms with Crippen LogP contribution in [-0.4, -0.2) is 18.4 Å². The van der Waals surface area contributed by atoms with Crippen molar-refractivity contribution >= 4 is 50.2 Å². The minimum absolute atomic E-state index is 0.0329. The number of fused-ring (bicyclic) bond motifs is 1. The van der Waals surface area contributed by atoms with Crippen molar-refractivity contribution in [1.29, 1.82) is 0 Å². The van der Waals surface area contributed by atoms with Gasteiger partial charge in [0.2, 0.25) is 0 Å². The van der Waals surface area contributed by atoms with Crippen molar-refractivity contribution in [1.82, 2.24) is 9.97 Å². The molecule has 2 heterocycles. The van der Waals surface area contributed by atoms with E-state index in [1.807, 2.05) is 0 Å². The number of benzene rings is 1. The lowest BCUT2D eigenvalue weighted by atomic mass is 10.3. The summed E-state index contributed by atoms with van der Waals surface area (Å²) >= 11 is 6.62. The molecule has 0 amide bonds. The Morgan fingerprint density at radius 3 is 2.85 bits per heavy atom. The molecule has 0 bridgehead atoms. The highest BCUT2D eigenvalue weighted by atomic mass is 35.5. The summed E-state index contributed by atoms with van der Waals surface area (Å²) in [6.45, 7) is 0. The number of rotatable bonds is 3. The largest absolute Gasteiger partial charge is 0.265 e. The fourth-order valence-corrected chi connectivity index (χ4v) is 3.48. The lowest BCUT2D eigenvalue weighted by molar-refractivity contribution is 0.601. The maximum atomic E-state index is 12.3. The van der Waals surface area contributed by atoms with Crippen LogP contribution in [0.1, 0.15) is 0 Å². The van der Waals surface area contributed by atoms with E-state index in [9.17, 15) is 8.42 Å². The molecular formula is C10H6ClN5O2S2. The second-order valence-corrected chi connectivity index (χ2v) is 6.29. The maximum Gasteiger partial charge on any atom is 0.265 e. The molecule has 1 N–H and O–H groups in total. The fourth-order valence-electron chi connectivity index (χ4n) is 1.58. The van der Waals surface area contributed by atoms with E-state index in [4.69, 9.17) is 11.6 Å². The Labute approximate surface area is 123 Å². The van der Waals surface area contributed by atoms with Crippen LogP contribution in [0, 0.1) is 0 Å². The third-order valence-corrected chi connectivity index (χ3v) is 4.49. The number of halogens is 1. The normalized spacial score (nSPS) is 12.8. The van der Waals surface area contributed by atoms with Gasteiger partial charge in [0.25, 0.3) is 10.0 Å². The van der Waals surface area contributed by atoms with Crippen molar-refractivity contribution in [2.45, 2.75) is 4.90 Å². The second-order valence-electron chi connectivity index (χ2n) is 3.72. The Kier molecular flexibility index (Phi) is 3.24. The van der Waals surface area contributed by atoms with Crippen LogP contribution >= 0.6 is 11.6 Å². The van der Waals surface area contributed by atoms with Crippen LogP contribution in [0.15, 0.2) is 44.2 Å². The van der Waals surface area contributed by atoms with Crippen LogP contribution in [0.4, 0.5) is 17.2 Å². The summed E-state index contributed by atoms with van der Waals surface area (Å²) in [7, 11) is -3.83. The first-order valence-corrected chi connectivity index (χ1v) is 7.87. The number of sulfonamides is 1. The van der Waals surface area contributed by atoms with Gasteiger partial charge in [-0.15, -0.1) is 0 Å². The predicted octanol–water partition coefficient (Wildman–Crippen LogP) is 2.66. The Bertz CT molecular complexity index is 862. The summed E-state index contributed by atoms with van der Waals surface area (Å²) in [5.41, 5.74) is 0.843. The van der Waals surface area contributed by atoms with E-state index in [2.05, 4.69) is 23.4 Å². The smallest absolute Gasteiger partial charge is 0.262 e. The van der Waals surface area contributed by atoms with Crippen LogP contribution in [0.25, 0.3) is 0 Å². The molecule has 0 fully saturated rings. The van der Waals surface area contributed by atoms with E-state index < -0.39 is 10.0 Å². The summed E-state index contributed by atoms with van der Waals surface area (Å²) in [6, 6.07) is 4.74. The molecule has 0 aliphatic carbocycles. The number of hydrogen-bond donors (Lipinski definition) is 1. The highest BCUT2D eigenvalue weighted by Crippen LogP contribution is 2.37. The van der Waals surface area contributed by atoms with Crippen LogP contribution in [0.2, 0.25) is 5.15 Å². The number of aromatic nitrogens is 2. The minimum Gasteiger partial charge on any atom is -0.262 e. The molecule has 0 saturated carbocycles. The minimum atomic E-state index is -3.83. The zero-order chi connectivity index (χ0) is 14.2. The Morgan fingerprint density at radius 2 is 2.05 bits per heavy atom. The SMILES string of the molecule is O=S(=O)(Nc1cncc(Cl)n1)c1cccc2c1N=S=N2. The average molecular weight is 328 g/mol. The molecule has 20 heavy (non-hydrogen) atoms. The summed E-state index contributed by atoms with van der Waals surface area (Å²) < 4.78 is 35.0. The molecule has 0 spiro atoms. The van der Waals surface area contributed by atoms with Crippen molar-refractivity contribution in [3.05, 3.63) is 35.7 Å². The van der Waals surface area contributed by atoms with Crippen LogP contribution in [0.5, 0.6) is 0 Å². The van der Waals surface area contributed by atoms with Gasteiger partial charge in [0.15, 0.2) is 5.82 Å². The highest BCUT2D eigenvalue weighted by Gasteiger charge is 2.23. The summed E-state index contributed by atoms with van der Waals surface area (Å²) in [4.78, 5) is 7.63. The van der Waals surface area contributed by atoms with Crippen molar-refractivity contribution in [2.24, 2.45) is 8.73 Å². The average Bonchev–Trinajstić information content (AvgIpc) is 2.85. The van der Waals surface area contributed by atoms with E-state index in [0.717, 1.165) is 11.4 Å². The second kappa shape index (κ2) is 4.93. The van der Waals surface area contributed by atoms with Gasteiger partial charge in [-0.25, -0.2) is 13.4 Å². The lowest BCUT2D eigenvalue weighted by Gasteiger charge is -2.08. The van der Waals surface area contributed by atoms with Gasteiger partial charge in [0.05, 0.1) is 23.7 Å². The monoisotopic (exact) mass is 327 g/mol. The molecule has 10 heteroatoms. The summed E-state index contributed by atoms with van der Waals surface area (Å²) in [5.74, 6) is 0.0395. The van der Waals surface area contributed by atoms with E-state index in [1.165, 1.54) is 18.5 Å². The molecule has 3 rings (SSSR count). The first-order valence-electron chi connectivity index (χ1n) is 5.28. The predicted molar refractivity (Wildman–Crippen MR) is 75.8 cm³/mol. The Morgan fingerprint density at radius 1 is 1.20 bits per heavy atom. The number of anilines is 1. The zero-order valence-corrected chi connectivity index (χ0v) is 12.1. The van der Waals surface area contributed by atoms with Gasteiger partial charge in [-0.1, -0.05) is 17.7 Å². The van der Waals surface area contributed by atoms with Crippen LogP contribution in [0.3, 0.4) is 0 Å². The molecule has 0 radical (unpaired) electrons. The van der Waals surface area contributed by atoms with Gasteiger partial charge < -0.3 is 0 Å². The molecule has 2 aromatic rings. The van der Waals surface area contributed by atoms with E-state index in [0.29, 0.717) is 11.4 Å². The van der Waals surface area contributed by atoms with Crippen molar-refractivity contribution in [3.63, 3.8) is 0 Å². The number of nitrogens with zero attached hydrogens (tertiary/aromatic N) is 4. The van der Waals surface area contributed by atoms with E-state index in [1.54, 1.807) is 12.1 Å². The molecule has 102 valence electrons. The fraction of sp³-hybridized carbons (Fsp3) is 0. The summed E-state index contributed by atoms with van der Waals surface area (Å²) in [5, 5.41) is 0.0960. The maximum absolute atomic E-state index is 12.3. The zero-order valence-electron chi connectivity index (χ0n) is 9.69. The third-order valence-electron chi connectivity index (χ3n) is 2.38. The molecule has 0 unspecified atom stereocenters. The van der Waals surface area contributed by atoms with Gasteiger partial charge in [0, 0.05) is 0 Å². The van der Waals surface area contributed by atoms with Crippen molar-refractivity contribution in [3.8, 4) is 0 Å². The van der Waals surface area contributed by atoms with Crippen LogP contribution in [-0.2, 0) is 21.4 Å². The molecular weight excluding hydrogens is 322 g/mol. The van der Waals surface area contributed by atoms with E-state index >= 15 is 0 Å². The quantitative estimate of drug-likeness (QED) is 0.799. The molecule has 7 nitrogen and oxygen atoms in total. The highest BCUT2D eigenvalue weighted by molar-refractivity contribution is 7.93. The van der Waals surface area contributed by atoms with E-state index in [-0.39, 0.29) is 15.9 Å². The molecule has 1 aromatic carbocycles. The topological polar surface area (TPSA) is 96.7 Å². The molecule has 1 aliphatic heterocycles. The van der Waals surface area contributed by atoms with Crippen molar-refractivity contribution in [2.75, 3.05) is 4.72 Å². The van der Waals surface area contributed by atoms with Gasteiger partial charge >= 0.3 is 0 Å². The third kappa shape index (κ3) is 2.42. The molecule has 1 aromatic heterocycles. The lowest BCUT2D eigenvalue weighted by Crippen LogP contribution is -2.14. The summed E-state index contributed by atoms with van der Waals surface area (Å²) in [6.07, 6.45) is 2.58. The Hall–Kier alpha value is -1.84. The van der Waals surface area contributed by atoms with Gasteiger partial charge in [-0.2, -0.15) is 8.73 Å². The first kappa shape index (κ1) is 13.2. The van der Waals surface area contributed by atoms with Crippen molar-refractivity contribution < 1.29 is 8.42 Å². The van der Waals surface area contributed by atoms with Gasteiger partial charge in [-0.3, -0.25) is 9.71 Å². The molecule has 1 aliphatic rings. The standard InChI is InChI=1S/C10H6ClN5O2S2/c11-8-4-12-5-9(13-8)16-20(17,18)7-3-1-2-6-10(7)15-19-14-6/h1-5H,(H,13,16). The first-order chi connectivity index (χ1) is 9.56. The van der Waals surface area contributed by atoms with Crippen LogP contribution < -0.4 is 4.72 Å². The number of nitrogens with one attached hydrogen (secondary N) is 1. The number of hydrogen-bond acceptors (Lipinski definition) is 6. The van der Waals surface area contributed by atoms with Gasteiger partial charge in [0.1, 0.15) is 21.4 Å². The Balaban J connectivity index is 2.02.